The number of nitrogens with one attached hydrogen (secondary N) is 2. The second-order valence-corrected chi connectivity index (χ2v) is 6.90. The van der Waals surface area contributed by atoms with Gasteiger partial charge < -0.3 is 10.6 Å². The Kier molecular flexibility index (Phi) is 4.45. The molecule has 0 radical (unpaired) electrons. The van der Waals surface area contributed by atoms with E-state index < -0.39 is 0 Å². The van der Waals surface area contributed by atoms with Crippen LogP contribution in [0.1, 0.15) is 33.4 Å². The summed E-state index contributed by atoms with van der Waals surface area (Å²) in [5.41, 5.74) is 3.40. The Labute approximate surface area is 154 Å². The fraction of sp³-hybridized carbons (Fsp3) is 0.158. The van der Waals surface area contributed by atoms with Crippen molar-refractivity contribution in [3.8, 4) is 11.3 Å². The molecule has 4 rings (SSSR count). The summed E-state index contributed by atoms with van der Waals surface area (Å²) in [5.74, 6) is -0.243. The molecular weight excluding hydrogens is 348 g/mol. The highest BCUT2D eigenvalue weighted by Crippen LogP contribution is 2.27. The zero-order valence-corrected chi connectivity index (χ0v) is 14.6. The van der Waals surface area contributed by atoms with Crippen LogP contribution in [0.15, 0.2) is 54.2 Å². The fourth-order valence-corrected chi connectivity index (χ4v) is 3.70. The minimum atomic E-state index is -0.276. The predicted molar refractivity (Wildman–Crippen MR) is 98.5 cm³/mol. The van der Waals surface area contributed by atoms with E-state index in [9.17, 15) is 9.59 Å². The van der Waals surface area contributed by atoms with Crippen molar-refractivity contribution in [3.63, 3.8) is 0 Å². The molecule has 26 heavy (non-hydrogen) atoms. The van der Waals surface area contributed by atoms with Gasteiger partial charge in [-0.2, -0.15) is 0 Å². The van der Waals surface area contributed by atoms with Gasteiger partial charge in [0.1, 0.15) is 5.01 Å². The molecule has 0 saturated carbocycles. The van der Waals surface area contributed by atoms with Crippen molar-refractivity contribution in [1.29, 1.82) is 0 Å². The van der Waals surface area contributed by atoms with Crippen molar-refractivity contribution in [3.05, 3.63) is 70.3 Å². The smallest absolute Gasteiger partial charge is 0.252 e. The number of fused-ring (bicyclic) bond motifs is 1. The minimum Gasteiger partial charge on any atom is -0.350 e. The third-order valence-electron chi connectivity index (χ3n) is 4.24. The van der Waals surface area contributed by atoms with E-state index in [0.717, 1.165) is 21.8 Å². The Hall–Kier alpha value is -3.06. The summed E-state index contributed by atoms with van der Waals surface area (Å²) in [6.45, 7) is 0.372. The lowest BCUT2D eigenvalue weighted by atomic mass is 10.0. The highest BCUT2D eigenvalue weighted by Gasteiger charge is 2.29. The molecule has 0 spiro atoms. The maximum Gasteiger partial charge on any atom is 0.252 e. The Balaban J connectivity index is 1.35. The van der Waals surface area contributed by atoms with Crippen LogP contribution < -0.4 is 10.6 Å². The lowest BCUT2D eigenvalue weighted by Crippen LogP contribution is -2.28. The highest BCUT2D eigenvalue weighted by atomic mass is 32.1. The SMILES string of the molecule is O=C(CC1NC(=O)c2ccccc21)NCc1nc(-c2ccncc2)cs1. The van der Waals surface area contributed by atoms with E-state index in [1.165, 1.54) is 11.3 Å². The number of hydrogen-bond donors (Lipinski definition) is 2. The number of carbonyl (C=O) groups is 2. The van der Waals surface area contributed by atoms with Crippen molar-refractivity contribution in [2.75, 3.05) is 0 Å². The van der Waals surface area contributed by atoms with Gasteiger partial charge in [-0.1, -0.05) is 18.2 Å². The lowest BCUT2D eigenvalue weighted by Gasteiger charge is -2.11. The molecule has 7 heteroatoms. The van der Waals surface area contributed by atoms with Gasteiger partial charge in [0.25, 0.3) is 5.91 Å². The molecule has 2 aromatic heterocycles. The zero-order chi connectivity index (χ0) is 17.9. The van der Waals surface area contributed by atoms with Gasteiger partial charge in [-0.3, -0.25) is 14.6 Å². The van der Waals surface area contributed by atoms with Crippen LogP contribution in [0.2, 0.25) is 0 Å². The number of pyridine rings is 1. The first-order chi connectivity index (χ1) is 12.7. The van der Waals surface area contributed by atoms with E-state index in [-0.39, 0.29) is 24.3 Å². The van der Waals surface area contributed by atoms with E-state index in [1.807, 2.05) is 35.7 Å². The highest BCUT2D eigenvalue weighted by molar-refractivity contribution is 7.09. The summed E-state index contributed by atoms with van der Waals surface area (Å²) in [4.78, 5) is 32.7. The largest absolute Gasteiger partial charge is 0.350 e. The lowest BCUT2D eigenvalue weighted by molar-refractivity contribution is -0.121. The quantitative estimate of drug-likeness (QED) is 0.729. The van der Waals surface area contributed by atoms with Crippen LogP contribution in [0.25, 0.3) is 11.3 Å². The summed E-state index contributed by atoms with van der Waals surface area (Å²) in [7, 11) is 0. The van der Waals surface area contributed by atoms with Crippen molar-refractivity contribution in [2.45, 2.75) is 19.0 Å². The molecular formula is C19H16N4O2S. The van der Waals surface area contributed by atoms with Gasteiger partial charge >= 0.3 is 0 Å². The molecule has 3 heterocycles. The van der Waals surface area contributed by atoms with E-state index in [2.05, 4.69) is 20.6 Å². The molecule has 0 fully saturated rings. The number of amides is 2. The molecule has 1 aliphatic heterocycles. The number of thiazole rings is 1. The maximum atomic E-state index is 12.3. The molecule has 1 unspecified atom stereocenters. The van der Waals surface area contributed by atoms with Gasteiger partial charge in [0, 0.05) is 28.9 Å². The molecule has 6 nitrogen and oxygen atoms in total. The molecule has 1 aromatic carbocycles. The number of benzene rings is 1. The van der Waals surface area contributed by atoms with Crippen LogP contribution in [0.4, 0.5) is 0 Å². The summed E-state index contributed by atoms with van der Waals surface area (Å²) in [5, 5.41) is 8.53. The molecule has 1 aliphatic rings. The number of aromatic nitrogens is 2. The standard InChI is InChI=1S/C19H16N4O2S/c24-17(9-15-13-3-1-2-4-14(13)19(25)23-15)21-10-18-22-16(11-26-18)12-5-7-20-8-6-12/h1-8,11,15H,9-10H2,(H,21,24)(H,23,25). The first kappa shape index (κ1) is 16.4. The third kappa shape index (κ3) is 3.34. The second-order valence-electron chi connectivity index (χ2n) is 5.96. The van der Waals surface area contributed by atoms with Gasteiger partial charge in [0.15, 0.2) is 0 Å². The maximum absolute atomic E-state index is 12.3. The minimum absolute atomic E-state index is 0.118. The van der Waals surface area contributed by atoms with Crippen LogP contribution in [0.5, 0.6) is 0 Å². The molecule has 0 saturated heterocycles. The summed E-state index contributed by atoms with van der Waals surface area (Å²) < 4.78 is 0. The average Bonchev–Trinajstić information content (AvgIpc) is 3.27. The molecule has 0 bridgehead atoms. The molecule has 2 N–H and O–H groups in total. The van der Waals surface area contributed by atoms with Crippen LogP contribution in [0, 0.1) is 0 Å². The first-order valence-electron chi connectivity index (χ1n) is 8.22. The van der Waals surface area contributed by atoms with Crippen LogP contribution in [0.3, 0.4) is 0 Å². The second kappa shape index (κ2) is 7.05. The van der Waals surface area contributed by atoms with Gasteiger partial charge in [-0.05, 0) is 23.8 Å². The van der Waals surface area contributed by atoms with Crippen LogP contribution in [-0.4, -0.2) is 21.8 Å². The third-order valence-corrected chi connectivity index (χ3v) is 5.09. The monoisotopic (exact) mass is 364 g/mol. The van der Waals surface area contributed by atoms with Gasteiger partial charge in [-0.25, -0.2) is 4.98 Å². The fourth-order valence-electron chi connectivity index (χ4n) is 2.96. The van der Waals surface area contributed by atoms with Crippen molar-refractivity contribution < 1.29 is 9.59 Å². The van der Waals surface area contributed by atoms with E-state index in [4.69, 9.17) is 0 Å². The summed E-state index contributed by atoms with van der Waals surface area (Å²) in [6, 6.07) is 10.9. The normalized spacial score (nSPS) is 15.4. The number of carbonyl (C=O) groups excluding carboxylic acids is 2. The molecule has 130 valence electrons. The Morgan fingerprint density at radius 1 is 1.19 bits per heavy atom. The molecule has 3 aromatic rings. The Morgan fingerprint density at radius 2 is 2.00 bits per heavy atom. The summed E-state index contributed by atoms with van der Waals surface area (Å²) in [6.07, 6.45) is 3.67. The van der Waals surface area contributed by atoms with Crippen molar-refractivity contribution >= 4 is 23.2 Å². The molecule has 2 amide bonds. The topological polar surface area (TPSA) is 84.0 Å². The zero-order valence-electron chi connectivity index (χ0n) is 13.8. The average molecular weight is 364 g/mol. The predicted octanol–water partition coefficient (Wildman–Crippen LogP) is 2.70. The Morgan fingerprint density at radius 3 is 2.85 bits per heavy atom. The molecule has 0 aliphatic carbocycles. The van der Waals surface area contributed by atoms with Crippen LogP contribution >= 0.6 is 11.3 Å². The first-order valence-corrected chi connectivity index (χ1v) is 9.10. The van der Waals surface area contributed by atoms with Gasteiger partial charge in [-0.15, -0.1) is 11.3 Å². The summed E-state index contributed by atoms with van der Waals surface area (Å²) >= 11 is 1.50. The van der Waals surface area contributed by atoms with E-state index >= 15 is 0 Å². The number of hydrogen-bond acceptors (Lipinski definition) is 5. The van der Waals surface area contributed by atoms with Gasteiger partial charge in [0.2, 0.25) is 5.91 Å². The van der Waals surface area contributed by atoms with Crippen LogP contribution in [-0.2, 0) is 11.3 Å². The molecule has 1 atom stereocenters. The van der Waals surface area contributed by atoms with Gasteiger partial charge in [0.05, 0.1) is 24.7 Å². The van der Waals surface area contributed by atoms with Crippen molar-refractivity contribution in [1.82, 2.24) is 20.6 Å². The number of rotatable bonds is 5. The van der Waals surface area contributed by atoms with E-state index in [1.54, 1.807) is 18.5 Å². The Bertz CT molecular complexity index is 955. The van der Waals surface area contributed by atoms with Crippen molar-refractivity contribution in [2.24, 2.45) is 0 Å². The number of nitrogens with zero attached hydrogens (tertiary/aromatic N) is 2. The van der Waals surface area contributed by atoms with E-state index in [0.29, 0.717) is 12.1 Å².